The van der Waals surface area contributed by atoms with Crippen LogP contribution in [0, 0.1) is 0 Å². The molecular weight excluding hydrogens is 419 g/mol. The van der Waals surface area contributed by atoms with E-state index in [0.717, 1.165) is 0 Å². The van der Waals surface area contributed by atoms with Crippen LogP contribution >= 0.6 is 0 Å². The van der Waals surface area contributed by atoms with Crippen molar-refractivity contribution in [3.8, 4) is 0 Å². The van der Waals surface area contributed by atoms with Crippen molar-refractivity contribution in [2.75, 3.05) is 33.0 Å². The second-order valence-electron chi connectivity index (χ2n) is 2.16. The number of nitrogens with two attached hydrogens (primary N) is 1. The number of rotatable bonds is 8. The molecule has 0 heterocycles. The van der Waals surface area contributed by atoms with E-state index < -0.39 is 5.97 Å². The molecule has 0 aliphatic rings. The zero-order valence-corrected chi connectivity index (χ0v) is 9.68. The minimum Gasteiger partial charge on any atom is -0.481 e. The summed E-state index contributed by atoms with van der Waals surface area (Å²) in [5.41, 5.74) is 5.17. The second-order valence-corrected chi connectivity index (χ2v) is 2.16. The maximum atomic E-state index is 10.0. The predicted molar refractivity (Wildman–Crippen MR) is 42.9 cm³/mol. The third-order valence-corrected chi connectivity index (χ3v) is 1.09. The van der Waals surface area contributed by atoms with Gasteiger partial charge in [0.25, 0.3) is 0 Å². The van der Waals surface area contributed by atoms with Gasteiger partial charge in [-0.3, -0.25) is 4.79 Å². The molecule has 0 aliphatic carbocycles. The van der Waals surface area contributed by atoms with Crippen LogP contribution in [0.1, 0.15) is 6.42 Å². The van der Waals surface area contributed by atoms with Crippen molar-refractivity contribution >= 4 is 5.97 Å². The molecule has 0 spiro atoms. The molecule has 0 aromatic carbocycles. The molecule has 0 rings (SSSR count). The van der Waals surface area contributed by atoms with Crippen LogP contribution in [0.5, 0.6) is 0 Å². The molecule has 0 fully saturated rings. The van der Waals surface area contributed by atoms with E-state index >= 15 is 0 Å². The molecule has 5 nitrogen and oxygen atoms in total. The summed E-state index contributed by atoms with van der Waals surface area (Å²) in [5, 5.41) is 8.23. The van der Waals surface area contributed by atoms with Gasteiger partial charge in [-0.25, -0.2) is 0 Å². The molecule has 0 aliphatic heterocycles. The first kappa shape index (κ1) is 13.9. The Morgan fingerprint density at radius 3 is 2.15 bits per heavy atom. The topological polar surface area (TPSA) is 81.8 Å². The van der Waals surface area contributed by atoms with Gasteiger partial charge in [-0.1, -0.05) is 0 Å². The third kappa shape index (κ3) is 13.4. The van der Waals surface area contributed by atoms with Gasteiger partial charge in [0.1, 0.15) is 0 Å². The van der Waals surface area contributed by atoms with E-state index in [9.17, 15) is 4.79 Å². The number of carboxylic acid groups (broad SMARTS) is 1. The molecule has 0 bridgehead atoms. The number of hydrogen-bond donors (Lipinski definition) is 2. The van der Waals surface area contributed by atoms with Crippen LogP contribution in [-0.4, -0.2) is 44.0 Å². The standard InChI is InChI=1S/C7H15NO4.Fm/c8-2-4-12-6-5-11-3-1-7(9)10;/h1-6,8H2,(H,9,10);. The normalized spacial score (nSPS) is 9.31. The van der Waals surface area contributed by atoms with Gasteiger partial charge >= 0.3 is 5.97 Å². The van der Waals surface area contributed by atoms with Gasteiger partial charge in [0.2, 0.25) is 0 Å². The number of aliphatic carboxylic acids is 1. The van der Waals surface area contributed by atoms with Gasteiger partial charge in [0.15, 0.2) is 0 Å². The van der Waals surface area contributed by atoms with E-state index in [2.05, 4.69) is 0 Å². The molecule has 0 amide bonds. The first-order valence-electron chi connectivity index (χ1n) is 3.84. The van der Waals surface area contributed by atoms with Gasteiger partial charge in [0.05, 0.1) is 32.8 Å². The summed E-state index contributed by atoms with van der Waals surface area (Å²) in [5.74, 6) is -0.849. The number of hydrogen-bond acceptors (Lipinski definition) is 4. The Morgan fingerprint density at radius 2 is 1.69 bits per heavy atom. The van der Waals surface area contributed by atoms with Crippen molar-refractivity contribution in [1.82, 2.24) is 0 Å². The van der Waals surface area contributed by atoms with Crippen molar-refractivity contribution in [3.63, 3.8) is 0 Å². The number of ether oxygens (including phenoxy) is 2. The van der Waals surface area contributed by atoms with Gasteiger partial charge in [-0.15, -0.1) is 0 Å². The van der Waals surface area contributed by atoms with Crippen LogP contribution in [0.3, 0.4) is 0 Å². The summed E-state index contributed by atoms with van der Waals surface area (Å²) < 4.78 is 9.94. The van der Waals surface area contributed by atoms with E-state index in [1.54, 1.807) is 0 Å². The summed E-state index contributed by atoms with van der Waals surface area (Å²) in [6.45, 7) is 2.14. The third-order valence-electron chi connectivity index (χ3n) is 1.09. The van der Waals surface area contributed by atoms with Crippen LogP contribution in [0.2, 0.25) is 0 Å². The van der Waals surface area contributed by atoms with E-state index in [0.29, 0.717) is 26.4 Å². The summed E-state index contributed by atoms with van der Waals surface area (Å²) in [6.07, 6.45) is 0.0386. The van der Waals surface area contributed by atoms with Gasteiger partial charge < -0.3 is 20.3 Å². The van der Waals surface area contributed by atoms with Gasteiger partial charge in [-0.05, 0) is 0 Å². The Kier molecular flexibility index (Phi) is 11.1. The van der Waals surface area contributed by atoms with Gasteiger partial charge in [0, 0.05) is 6.54 Å². The fourth-order valence-electron chi connectivity index (χ4n) is 0.565. The zero-order valence-electron chi connectivity index (χ0n) is 7.28. The maximum absolute atomic E-state index is 10.0. The molecule has 0 aromatic rings. The van der Waals surface area contributed by atoms with Crippen molar-refractivity contribution in [3.05, 3.63) is 0 Å². The van der Waals surface area contributed by atoms with E-state index in [-0.39, 0.29) is 13.0 Å². The van der Waals surface area contributed by atoms with Crippen LogP contribution in [0.25, 0.3) is 0 Å². The molecule has 0 saturated carbocycles. The Balaban J connectivity index is 0. The monoisotopic (exact) mass is 434 g/mol. The Labute approximate surface area is 71.5 Å². The molecule has 13 heavy (non-hydrogen) atoms. The predicted octanol–water partition coefficient (Wildman–Crippen LogP) is -0.547. The number of carboxylic acids is 1. The maximum Gasteiger partial charge on any atom is 0.305 e. The van der Waals surface area contributed by atoms with Crippen molar-refractivity contribution < 1.29 is 19.4 Å². The summed E-state index contributed by atoms with van der Waals surface area (Å²) in [7, 11) is 0. The Morgan fingerprint density at radius 1 is 1.15 bits per heavy atom. The van der Waals surface area contributed by atoms with Crippen molar-refractivity contribution in [1.29, 1.82) is 0 Å². The molecule has 0 saturated heterocycles. The number of carbonyl (C=O) groups is 1. The van der Waals surface area contributed by atoms with Gasteiger partial charge in [-0.2, -0.15) is 0 Å². The summed E-state index contributed by atoms with van der Waals surface area (Å²) >= 11 is 0. The molecule has 0 aromatic heterocycles. The smallest absolute Gasteiger partial charge is 0.305 e. The molecule has 3 N–H and O–H groups in total. The zero-order chi connectivity index (χ0) is 9.23. The van der Waals surface area contributed by atoms with E-state index in [1.807, 2.05) is 0 Å². The summed E-state index contributed by atoms with van der Waals surface area (Å²) in [6, 6.07) is 0. The van der Waals surface area contributed by atoms with E-state index in [1.165, 1.54) is 0 Å². The SMILES string of the molecule is NCCOCCOCCC(=O)O.[Fm]. The molecule has 6 heteroatoms. The first-order valence-corrected chi connectivity index (χ1v) is 3.84. The molecule has 0 radical (unpaired) electrons. The molecule has 84 valence electrons. The van der Waals surface area contributed by atoms with Crippen molar-refractivity contribution in [2.24, 2.45) is 5.73 Å². The average Bonchev–Trinajstić information content (AvgIpc) is 2.02. The minimum absolute atomic E-state index is 0. The van der Waals surface area contributed by atoms with Crippen LogP contribution < -0.4 is 5.73 Å². The molecule has 0 atom stereocenters. The average molecular weight is 434 g/mol. The van der Waals surface area contributed by atoms with Crippen LogP contribution in [0.4, 0.5) is 0 Å². The fraction of sp³-hybridized carbons (Fsp3) is 0.857. The quantitative estimate of drug-likeness (QED) is 0.502. The van der Waals surface area contributed by atoms with Crippen molar-refractivity contribution in [2.45, 2.75) is 6.42 Å². The summed E-state index contributed by atoms with van der Waals surface area (Å²) in [4.78, 5) is 10.0. The fourth-order valence-corrected chi connectivity index (χ4v) is 0.565. The Bertz CT molecular complexity index is 123. The molecular formula is C7H15FmNO4. The Hall–Kier alpha value is -1.65. The second kappa shape index (κ2) is 10.3. The first-order chi connectivity index (χ1) is 5.77. The van der Waals surface area contributed by atoms with E-state index in [4.69, 9.17) is 20.3 Å². The van der Waals surface area contributed by atoms with Crippen LogP contribution in [0.15, 0.2) is 0 Å². The minimum atomic E-state index is -0.849. The van der Waals surface area contributed by atoms with Crippen LogP contribution in [-0.2, 0) is 14.3 Å². The largest absolute Gasteiger partial charge is 0.481 e. The molecule has 0 unspecified atom stereocenters.